The minimum absolute atomic E-state index is 0. The first-order chi connectivity index (χ1) is 8.65. The zero-order chi connectivity index (χ0) is 13.0. The lowest BCUT2D eigenvalue weighted by Gasteiger charge is -2.33. The standard InChI is InChI=1S/C14H27N3O.ClH/c1-11(15)12-6-8-17(9-7-12)10-14(18)16-13-4-2-3-5-13;/h11-13H,2-10,15H2,1H3,(H,16,18);1H. The van der Waals surface area contributed by atoms with Crippen LogP contribution in [0.2, 0.25) is 0 Å². The lowest BCUT2D eigenvalue weighted by molar-refractivity contribution is -0.123. The van der Waals surface area contributed by atoms with Crippen LogP contribution in [0.15, 0.2) is 0 Å². The molecule has 1 heterocycles. The number of rotatable bonds is 4. The van der Waals surface area contributed by atoms with Gasteiger partial charge in [-0.1, -0.05) is 12.8 Å². The van der Waals surface area contributed by atoms with Crippen LogP contribution >= 0.6 is 12.4 Å². The summed E-state index contributed by atoms with van der Waals surface area (Å²) in [6.45, 7) is 4.70. The Kier molecular flexibility index (Phi) is 7.11. The minimum Gasteiger partial charge on any atom is -0.352 e. The van der Waals surface area contributed by atoms with Crippen molar-refractivity contribution < 1.29 is 4.79 Å². The van der Waals surface area contributed by atoms with Crippen molar-refractivity contribution >= 4 is 18.3 Å². The first kappa shape index (κ1) is 16.7. The maximum atomic E-state index is 11.9. The Morgan fingerprint density at radius 1 is 1.26 bits per heavy atom. The third kappa shape index (κ3) is 5.28. The molecule has 5 heteroatoms. The molecule has 0 aromatic carbocycles. The maximum Gasteiger partial charge on any atom is 0.234 e. The van der Waals surface area contributed by atoms with E-state index in [0.717, 1.165) is 25.9 Å². The normalized spacial score (nSPS) is 23.9. The van der Waals surface area contributed by atoms with Crippen molar-refractivity contribution in [3.63, 3.8) is 0 Å². The van der Waals surface area contributed by atoms with E-state index < -0.39 is 0 Å². The second kappa shape index (κ2) is 8.08. The molecule has 1 aliphatic carbocycles. The van der Waals surface area contributed by atoms with Crippen molar-refractivity contribution in [2.45, 2.75) is 57.5 Å². The van der Waals surface area contributed by atoms with Gasteiger partial charge >= 0.3 is 0 Å². The smallest absolute Gasteiger partial charge is 0.234 e. The quantitative estimate of drug-likeness (QED) is 0.825. The van der Waals surface area contributed by atoms with Crippen LogP contribution in [0.25, 0.3) is 0 Å². The number of likely N-dealkylation sites (tertiary alicyclic amines) is 1. The fourth-order valence-electron chi connectivity index (χ4n) is 3.18. The number of carbonyl (C=O) groups is 1. The van der Waals surface area contributed by atoms with Gasteiger partial charge in [-0.2, -0.15) is 0 Å². The van der Waals surface area contributed by atoms with Gasteiger partial charge in [-0.15, -0.1) is 12.4 Å². The summed E-state index contributed by atoms with van der Waals surface area (Å²) in [7, 11) is 0. The summed E-state index contributed by atoms with van der Waals surface area (Å²) in [4.78, 5) is 14.2. The number of hydrogen-bond donors (Lipinski definition) is 2. The van der Waals surface area contributed by atoms with Crippen molar-refractivity contribution in [2.75, 3.05) is 19.6 Å². The van der Waals surface area contributed by atoms with Crippen molar-refractivity contribution in [2.24, 2.45) is 11.7 Å². The summed E-state index contributed by atoms with van der Waals surface area (Å²) in [5.74, 6) is 0.847. The number of hydrogen-bond acceptors (Lipinski definition) is 3. The fourth-order valence-corrected chi connectivity index (χ4v) is 3.18. The van der Waals surface area contributed by atoms with Gasteiger partial charge in [0.25, 0.3) is 0 Å². The van der Waals surface area contributed by atoms with Gasteiger partial charge in [-0.3, -0.25) is 9.69 Å². The van der Waals surface area contributed by atoms with Gasteiger partial charge in [0.2, 0.25) is 5.91 Å². The Labute approximate surface area is 122 Å². The molecule has 0 spiro atoms. The molecule has 19 heavy (non-hydrogen) atoms. The maximum absolute atomic E-state index is 11.9. The van der Waals surface area contributed by atoms with E-state index in [1.165, 1.54) is 25.7 Å². The predicted molar refractivity (Wildman–Crippen MR) is 80.5 cm³/mol. The summed E-state index contributed by atoms with van der Waals surface area (Å²) in [6.07, 6.45) is 7.13. The second-order valence-electron chi connectivity index (χ2n) is 6.02. The molecule has 1 amide bonds. The van der Waals surface area contributed by atoms with Crippen LogP contribution in [0.3, 0.4) is 0 Å². The summed E-state index contributed by atoms with van der Waals surface area (Å²) in [5.41, 5.74) is 5.92. The van der Waals surface area contributed by atoms with E-state index in [-0.39, 0.29) is 18.3 Å². The SMILES string of the molecule is CC(N)C1CCN(CC(=O)NC2CCCC2)CC1.Cl. The number of nitrogens with one attached hydrogen (secondary N) is 1. The highest BCUT2D eigenvalue weighted by molar-refractivity contribution is 5.85. The molecular weight excluding hydrogens is 262 g/mol. The molecule has 2 rings (SSSR count). The Balaban J connectivity index is 0.00000180. The summed E-state index contributed by atoms with van der Waals surface area (Å²) in [5, 5.41) is 3.15. The van der Waals surface area contributed by atoms with Crippen LogP contribution in [0, 0.1) is 5.92 Å². The molecule has 1 atom stereocenters. The third-order valence-electron chi connectivity index (χ3n) is 4.46. The molecule has 1 saturated heterocycles. The molecule has 0 aromatic heterocycles. The topological polar surface area (TPSA) is 58.4 Å². The second-order valence-corrected chi connectivity index (χ2v) is 6.02. The number of amides is 1. The fraction of sp³-hybridized carbons (Fsp3) is 0.929. The Morgan fingerprint density at radius 2 is 1.84 bits per heavy atom. The van der Waals surface area contributed by atoms with Gasteiger partial charge in [-0.25, -0.2) is 0 Å². The van der Waals surface area contributed by atoms with Gasteiger partial charge < -0.3 is 11.1 Å². The zero-order valence-corrected chi connectivity index (χ0v) is 12.8. The molecule has 4 nitrogen and oxygen atoms in total. The molecular formula is C14H28ClN3O. The predicted octanol–water partition coefficient (Wildman–Crippen LogP) is 1.53. The number of halogens is 1. The molecule has 2 aliphatic rings. The van der Waals surface area contributed by atoms with E-state index >= 15 is 0 Å². The number of nitrogens with two attached hydrogens (primary N) is 1. The number of carbonyl (C=O) groups excluding carboxylic acids is 1. The monoisotopic (exact) mass is 289 g/mol. The molecule has 0 bridgehead atoms. The first-order valence-corrected chi connectivity index (χ1v) is 7.42. The van der Waals surface area contributed by atoms with Gasteiger partial charge in [0, 0.05) is 12.1 Å². The third-order valence-corrected chi connectivity index (χ3v) is 4.46. The van der Waals surface area contributed by atoms with Crippen molar-refractivity contribution in [3.8, 4) is 0 Å². The van der Waals surface area contributed by atoms with Crippen LogP contribution in [0.4, 0.5) is 0 Å². The summed E-state index contributed by atoms with van der Waals surface area (Å²) >= 11 is 0. The van der Waals surface area contributed by atoms with E-state index in [2.05, 4.69) is 17.1 Å². The first-order valence-electron chi connectivity index (χ1n) is 7.42. The van der Waals surface area contributed by atoms with Gasteiger partial charge in [-0.05, 0) is 51.6 Å². The number of piperidine rings is 1. The van der Waals surface area contributed by atoms with E-state index in [1.807, 2.05) is 0 Å². The molecule has 1 aliphatic heterocycles. The van der Waals surface area contributed by atoms with Gasteiger partial charge in [0.05, 0.1) is 6.54 Å². The Bertz CT molecular complexity index is 272. The average Bonchev–Trinajstić information content (AvgIpc) is 2.82. The van der Waals surface area contributed by atoms with Crippen molar-refractivity contribution in [1.29, 1.82) is 0 Å². The summed E-state index contributed by atoms with van der Waals surface area (Å²) in [6, 6.07) is 0.735. The van der Waals surface area contributed by atoms with E-state index in [1.54, 1.807) is 0 Å². The van der Waals surface area contributed by atoms with Crippen LogP contribution in [-0.4, -0.2) is 42.5 Å². The molecule has 3 N–H and O–H groups in total. The van der Waals surface area contributed by atoms with Crippen LogP contribution < -0.4 is 11.1 Å². The number of nitrogens with zero attached hydrogens (tertiary/aromatic N) is 1. The van der Waals surface area contributed by atoms with Crippen molar-refractivity contribution in [1.82, 2.24) is 10.2 Å². The van der Waals surface area contributed by atoms with E-state index in [0.29, 0.717) is 24.5 Å². The Morgan fingerprint density at radius 3 is 2.37 bits per heavy atom. The molecule has 112 valence electrons. The van der Waals surface area contributed by atoms with Gasteiger partial charge in [0.15, 0.2) is 0 Å². The molecule has 0 radical (unpaired) electrons. The molecule has 0 aromatic rings. The molecule has 1 unspecified atom stereocenters. The highest BCUT2D eigenvalue weighted by atomic mass is 35.5. The van der Waals surface area contributed by atoms with Crippen LogP contribution in [-0.2, 0) is 4.79 Å². The molecule has 2 fully saturated rings. The van der Waals surface area contributed by atoms with Gasteiger partial charge in [0.1, 0.15) is 0 Å². The highest BCUT2D eigenvalue weighted by Crippen LogP contribution is 2.20. The van der Waals surface area contributed by atoms with Crippen molar-refractivity contribution in [3.05, 3.63) is 0 Å². The Hall–Kier alpha value is -0.320. The molecule has 1 saturated carbocycles. The average molecular weight is 290 g/mol. The largest absolute Gasteiger partial charge is 0.352 e. The lowest BCUT2D eigenvalue weighted by Crippen LogP contribution is -2.45. The highest BCUT2D eigenvalue weighted by Gasteiger charge is 2.24. The van der Waals surface area contributed by atoms with E-state index in [9.17, 15) is 4.79 Å². The minimum atomic E-state index is 0. The zero-order valence-electron chi connectivity index (χ0n) is 11.9. The van der Waals surface area contributed by atoms with E-state index in [4.69, 9.17) is 5.73 Å². The summed E-state index contributed by atoms with van der Waals surface area (Å²) < 4.78 is 0. The van der Waals surface area contributed by atoms with Crippen LogP contribution in [0.5, 0.6) is 0 Å². The lowest BCUT2D eigenvalue weighted by atomic mass is 9.91. The van der Waals surface area contributed by atoms with Crippen LogP contribution in [0.1, 0.15) is 45.4 Å².